The molecule has 0 aliphatic heterocycles. The molecule has 0 saturated carbocycles. The van der Waals surface area contributed by atoms with Crippen LogP contribution in [0.25, 0.3) is 0 Å². The highest BCUT2D eigenvalue weighted by atomic mass is 16.4. The van der Waals surface area contributed by atoms with E-state index in [1.807, 2.05) is 13.8 Å². The van der Waals surface area contributed by atoms with E-state index >= 15 is 0 Å². The molecule has 4 amide bonds. The number of nitrogens with two attached hydrogens (primary N) is 2. The second-order valence-corrected chi connectivity index (χ2v) is 8.99. The number of carboxylic acid groups (broad SMARTS) is 1. The Labute approximate surface area is 212 Å². The van der Waals surface area contributed by atoms with Crippen molar-refractivity contribution in [2.45, 2.75) is 63.7 Å². The SMILES string of the molecule is CC(C)CC(N)C(=O)NC(Cc1cnc[nH]1)C(=O)NC(Cc1cnc[nH]1)C(=O)NC(CC(N)=O)C(=O)O. The molecule has 2 aromatic heterocycles. The molecule has 15 heteroatoms. The molecule has 202 valence electrons. The molecule has 10 N–H and O–H groups in total. The van der Waals surface area contributed by atoms with Crippen molar-refractivity contribution in [3.8, 4) is 0 Å². The van der Waals surface area contributed by atoms with Gasteiger partial charge in [-0.15, -0.1) is 0 Å². The highest BCUT2D eigenvalue weighted by Gasteiger charge is 2.31. The number of carbonyl (C=O) groups excluding carboxylic acids is 4. The van der Waals surface area contributed by atoms with E-state index in [1.54, 1.807) is 0 Å². The standard InChI is InChI=1S/C22H33N9O6/c1-11(2)3-14(23)19(33)29-15(4-12-7-25-9-27-12)20(34)30-16(5-13-8-26-10-28-13)21(35)31-17(22(36)37)6-18(24)32/h7-11,14-17H,3-6,23H2,1-2H3,(H2,24,32)(H,25,27)(H,26,28)(H,29,33)(H,30,34)(H,31,35)(H,36,37). The smallest absolute Gasteiger partial charge is 0.326 e. The Morgan fingerprint density at radius 1 is 0.865 bits per heavy atom. The second kappa shape index (κ2) is 13.7. The molecular weight excluding hydrogens is 486 g/mol. The second-order valence-electron chi connectivity index (χ2n) is 8.99. The van der Waals surface area contributed by atoms with Crippen molar-refractivity contribution >= 4 is 29.6 Å². The first-order valence-electron chi connectivity index (χ1n) is 11.6. The first-order chi connectivity index (χ1) is 17.5. The van der Waals surface area contributed by atoms with Crippen LogP contribution in [0.1, 0.15) is 38.1 Å². The summed E-state index contributed by atoms with van der Waals surface area (Å²) in [5, 5.41) is 16.7. The topological polar surface area (TPSA) is 251 Å². The van der Waals surface area contributed by atoms with Crippen molar-refractivity contribution in [3.63, 3.8) is 0 Å². The average Bonchev–Trinajstić information content (AvgIpc) is 3.51. The quantitative estimate of drug-likeness (QED) is 0.126. The number of nitrogens with one attached hydrogen (secondary N) is 5. The number of H-pyrrole nitrogens is 2. The van der Waals surface area contributed by atoms with Gasteiger partial charge in [-0.3, -0.25) is 19.2 Å². The lowest BCUT2D eigenvalue weighted by molar-refractivity contribution is -0.143. The Morgan fingerprint density at radius 2 is 1.32 bits per heavy atom. The van der Waals surface area contributed by atoms with Crippen LogP contribution >= 0.6 is 0 Å². The van der Waals surface area contributed by atoms with Gasteiger partial charge in [-0.05, 0) is 12.3 Å². The Hall–Kier alpha value is -4.27. The Balaban J connectivity index is 2.24. The molecule has 4 unspecified atom stereocenters. The summed E-state index contributed by atoms with van der Waals surface area (Å²) in [4.78, 5) is 75.1. The third-order valence-electron chi connectivity index (χ3n) is 5.31. The lowest BCUT2D eigenvalue weighted by Gasteiger charge is -2.25. The number of aromatic amines is 2. The summed E-state index contributed by atoms with van der Waals surface area (Å²) in [6, 6.07) is -4.87. The minimum Gasteiger partial charge on any atom is -0.480 e. The first-order valence-corrected chi connectivity index (χ1v) is 11.6. The molecule has 15 nitrogen and oxygen atoms in total. The lowest BCUT2D eigenvalue weighted by atomic mass is 10.0. The number of aliphatic carboxylic acids is 1. The summed E-state index contributed by atoms with van der Waals surface area (Å²) >= 11 is 0. The van der Waals surface area contributed by atoms with Crippen LogP contribution in [-0.2, 0) is 36.8 Å². The van der Waals surface area contributed by atoms with Crippen LogP contribution in [0.15, 0.2) is 25.0 Å². The summed E-state index contributed by atoms with van der Waals surface area (Å²) in [5.41, 5.74) is 12.1. The third-order valence-corrected chi connectivity index (χ3v) is 5.31. The van der Waals surface area contributed by atoms with Gasteiger partial charge in [0, 0.05) is 36.6 Å². The zero-order valence-corrected chi connectivity index (χ0v) is 20.6. The van der Waals surface area contributed by atoms with Crippen molar-refractivity contribution in [3.05, 3.63) is 36.4 Å². The van der Waals surface area contributed by atoms with Crippen LogP contribution in [0.4, 0.5) is 0 Å². The zero-order chi connectivity index (χ0) is 27.5. The normalized spacial score (nSPS) is 14.3. The molecule has 2 rings (SSSR count). The van der Waals surface area contributed by atoms with E-state index in [2.05, 4.69) is 35.9 Å². The van der Waals surface area contributed by atoms with Gasteiger partial charge >= 0.3 is 5.97 Å². The number of carbonyl (C=O) groups is 5. The van der Waals surface area contributed by atoms with Crippen LogP contribution in [0.5, 0.6) is 0 Å². The number of nitrogens with zero attached hydrogens (tertiary/aromatic N) is 2. The first kappa shape index (κ1) is 29.0. The Morgan fingerprint density at radius 3 is 1.70 bits per heavy atom. The van der Waals surface area contributed by atoms with Crippen LogP contribution in [-0.4, -0.2) is 78.8 Å². The Kier molecular flexibility index (Phi) is 10.7. The number of imidazole rings is 2. The van der Waals surface area contributed by atoms with Gasteiger partial charge in [-0.25, -0.2) is 14.8 Å². The molecule has 2 aromatic rings. The molecule has 0 bridgehead atoms. The molecule has 2 heterocycles. The van der Waals surface area contributed by atoms with Crippen molar-refractivity contribution in [2.24, 2.45) is 17.4 Å². The van der Waals surface area contributed by atoms with E-state index < -0.39 is 60.2 Å². The van der Waals surface area contributed by atoms with Crippen molar-refractivity contribution in [2.75, 3.05) is 0 Å². The largest absolute Gasteiger partial charge is 0.480 e. The number of primary amides is 1. The summed E-state index contributed by atoms with van der Waals surface area (Å²) in [6.45, 7) is 3.81. The maximum Gasteiger partial charge on any atom is 0.326 e. The van der Waals surface area contributed by atoms with Crippen molar-refractivity contribution in [1.82, 2.24) is 35.9 Å². The van der Waals surface area contributed by atoms with Gasteiger partial charge in [0.2, 0.25) is 23.6 Å². The van der Waals surface area contributed by atoms with E-state index in [-0.39, 0.29) is 18.8 Å². The summed E-state index contributed by atoms with van der Waals surface area (Å²) in [6.07, 6.45) is 5.38. The number of amides is 4. The molecule has 0 aromatic carbocycles. The molecule has 0 fully saturated rings. The average molecular weight is 520 g/mol. The van der Waals surface area contributed by atoms with Gasteiger partial charge in [0.05, 0.1) is 25.1 Å². The van der Waals surface area contributed by atoms with Gasteiger partial charge in [0.1, 0.15) is 18.1 Å². The fraction of sp³-hybridized carbons (Fsp3) is 0.500. The fourth-order valence-electron chi connectivity index (χ4n) is 3.49. The monoisotopic (exact) mass is 519 g/mol. The zero-order valence-electron chi connectivity index (χ0n) is 20.6. The van der Waals surface area contributed by atoms with E-state index in [0.717, 1.165) is 0 Å². The fourth-order valence-corrected chi connectivity index (χ4v) is 3.49. The molecule has 0 saturated heterocycles. The van der Waals surface area contributed by atoms with Crippen molar-refractivity contribution in [1.29, 1.82) is 0 Å². The minimum atomic E-state index is -1.60. The minimum absolute atomic E-state index is 0.0177. The number of aromatic nitrogens is 4. The molecule has 4 atom stereocenters. The highest BCUT2D eigenvalue weighted by molar-refractivity contribution is 5.95. The molecule has 0 spiro atoms. The molecular formula is C22H33N9O6. The van der Waals surface area contributed by atoms with E-state index in [4.69, 9.17) is 11.5 Å². The van der Waals surface area contributed by atoms with Crippen molar-refractivity contribution < 1.29 is 29.1 Å². The predicted octanol–water partition coefficient (Wildman–Crippen LogP) is -2.29. The van der Waals surface area contributed by atoms with Gasteiger partial charge in [-0.2, -0.15) is 0 Å². The van der Waals surface area contributed by atoms with Gasteiger partial charge < -0.3 is 42.5 Å². The highest BCUT2D eigenvalue weighted by Crippen LogP contribution is 2.07. The summed E-state index contributed by atoms with van der Waals surface area (Å²) in [5.74, 6) is -4.40. The molecule has 37 heavy (non-hydrogen) atoms. The predicted molar refractivity (Wildman–Crippen MR) is 129 cm³/mol. The van der Waals surface area contributed by atoms with Gasteiger partial charge in [0.25, 0.3) is 0 Å². The maximum absolute atomic E-state index is 13.3. The summed E-state index contributed by atoms with van der Waals surface area (Å²) < 4.78 is 0. The van der Waals surface area contributed by atoms with Crippen LogP contribution in [0.3, 0.4) is 0 Å². The molecule has 0 radical (unpaired) electrons. The Bertz CT molecular complexity index is 1050. The number of hydrogen-bond donors (Lipinski definition) is 8. The summed E-state index contributed by atoms with van der Waals surface area (Å²) in [7, 11) is 0. The third kappa shape index (κ3) is 9.71. The molecule has 0 aliphatic carbocycles. The van der Waals surface area contributed by atoms with Crippen LogP contribution in [0, 0.1) is 5.92 Å². The number of rotatable bonds is 15. The molecule has 0 aliphatic rings. The van der Waals surface area contributed by atoms with Crippen LogP contribution < -0.4 is 27.4 Å². The van der Waals surface area contributed by atoms with Crippen LogP contribution in [0.2, 0.25) is 0 Å². The number of hydrogen-bond acceptors (Lipinski definition) is 8. The van der Waals surface area contributed by atoms with Gasteiger partial charge in [0.15, 0.2) is 0 Å². The van der Waals surface area contributed by atoms with Gasteiger partial charge in [-0.1, -0.05) is 13.8 Å². The van der Waals surface area contributed by atoms with E-state index in [1.165, 1.54) is 25.0 Å². The number of carboxylic acids is 1. The maximum atomic E-state index is 13.3. The van der Waals surface area contributed by atoms with E-state index in [0.29, 0.717) is 17.8 Å². The van der Waals surface area contributed by atoms with E-state index in [9.17, 15) is 29.1 Å². The lowest BCUT2D eigenvalue weighted by Crippen LogP contribution is -2.58.